The van der Waals surface area contributed by atoms with Crippen molar-refractivity contribution >= 4 is 11.9 Å². The molecular weight excluding hydrogens is 282 g/mol. The molecule has 0 saturated heterocycles. The highest BCUT2D eigenvalue weighted by atomic mass is 16.7. The Bertz CT molecular complexity index is 574. The monoisotopic (exact) mass is 299 g/mol. The van der Waals surface area contributed by atoms with E-state index in [1.54, 1.807) is 6.92 Å². The molecule has 0 aliphatic rings. The van der Waals surface area contributed by atoms with Crippen LogP contribution in [0, 0.1) is 0 Å². The summed E-state index contributed by atoms with van der Waals surface area (Å²) in [4.78, 5) is 27.7. The Morgan fingerprint density at radius 1 is 0.909 bits per heavy atom. The van der Waals surface area contributed by atoms with Crippen molar-refractivity contribution in [3.63, 3.8) is 0 Å². The molecule has 0 atom stereocenters. The third-order valence-electron chi connectivity index (χ3n) is 2.98. The molecule has 2 aromatic carbocycles. The first kappa shape index (κ1) is 15.7. The smallest absolute Gasteiger partial charge is 0.436 e. The first-order chi connectivity index (χ1) is 10.7. The van der Waals surface area contributed by atoms with E-state index in [0.717, 1.165) is 11.1 Å². The number of nitrogens with one attached hydrogen (secondary N) is 1. The van der Waals surface area contributed by atoms with Gasteiger partial charge in [0.05, 0.1) is 12.6 Å². The molecule has 5 nitrogen and oxygen atoms in total. The number of ether oxygens (including phenoxy) is 1. The fourth-order valence-corrected chi connectivity index (χ4v) is 1.96. The van der Waals surface area contributed by atoms with Crippen LogP contribution < -0.4 is 5.48 Å². The summed E-state index contributed by atoms with van der Waals surface area (Å²) >= 11 is 0. The van der Waals surface area contributed by atoms with Crippen molar-refractivity contribution in [2.75, 3.05) is 6.61 Å². The quantitative estimate of drug-likeness (QED) is 0.522. The summed E-state index contributed by atoms with van der Waals surface area (Å²) < 4.78 is 4.59. The Morgan fingerprint density at radius 2 is 1.41 bits per heavy atom. The summed E-state index contributed by atoms with van der Waals surface area (Å²) in [6.45, 7) is 1.74. The molecule has 0 spiro atoms. The van der Waals surface area contributed by atoms with Gasteiger partial charge in [-0.25, -0.2) is 9.59 Å². The van der Waals surface area contributed by atoms with Gasteiger partial charge in [-0.15, -0.1) is 5.48 Å². The van der Waals surface area contributed by atoms with E-state index in [-0.39, 0.29) is 12.6 Å². The van der Waals surface area contributed by atoms with Crippen molar-refractivity contribution < 1.29 is 19.2 Å². The fraction of sp³-hybridized carbons (Fsp3) is 0.176. The van der Waals surface area contributed by atoms with E-state index in [1.165, 1.54) is 0 Å². The lowest BCUT2D eigenvalue weighted by atomic mass is 10.00. The van der Waals surface area contributed by atoms with Crippen LogP contribution in [0.5, 0.6) is 0 Å². The lowest BCUT2D eigenvalue weighted by molar-refractivity contribution is -0.172. The topological polar surface area (TPSA) is 64.6 Å². The Balaban J connectivity index is 2.13. The van der Waals surface area contributed by atoms with Gasteiger partial charge in [0.15, 0.2) is 0 Å². The van der Waals surface area contributed by atoms with Gasteiger partial charge in [-0.3, -0.25) is 0 Å². The molecule has 0 heterocycles. The van der Waals surface area contributed by atoms with Gasteiger partial charge in [-0.2, -0.15) is 0 Å². The second-order valence-electron chi connectivity index (χ2n) is 4.48. The predicted molar refractivity (Wildman–Crippen MR) is 80.6 cm³/mol. The van der Waals surface area contributed by atoms with E-state index in [2.05, 4.69) is 10.2 Å². The van der Waals surface area contributed by atoms with E-state index in [9.17, 15) is 9.59 Å². The Morgan fingerprint density at radius 3 is 1.86 bits per heavy atom. The normalized spacial score (nSPS) is 10.3. The molecule has 0 bridgehead atoms. The molecule has 22 heavy (non-hydrogen) atoms. The van der Waals surface area contributed by atoms with Gasteiger partial charge in [0, 0.05) is 0 Å². The predicted octanol–water partition coefficient (Wildman–Crippen LogP) is 2.39. The Labute approximate surface area is 128 Å². The summed E-state index contributed by atoms with van der Waals surface area (Å²) in [5.74, 6) is -2.09. The number of rotatable bonds is 5. The first-order valence-electron chi connectivity index (χ1n) is 6.95. The van der Waals surface area contributed by atoms with Crippen LogP contribution in [0.1, 0.15) is 24.1 Å². The minimum absolute atomic E-state index is 0.120. The molecule has 114 valence electrons. The summed E-state index contributed by atoms with van der Waals surface area (Å²) in [5, 5.41) is 0. The second-order valence-corrected chi connectivity index (χ2v) is 4.48. The zero-order chi connectivity index (χ0) is 15.8. The SMILES string of the molecule is CCOC(=O)C(=O)ONC(c1ccccc1)c1ccccc1. The fourth-order valence-electron chi connectivity index (χ4n) is 1.96. The van der Waals surface area contributed by atoms with Gasteiger partial charge >= 0.3 is 11.9 Å². The van der Waals surface area contributed by atoms with Crippen molar-refractivity contribution in [3.8, 4) is 0 Å². The van der Waals surface area contributed by atoms with Crippen LogP contribution >= 0.6 is 0 Å². The number of hydrogen-bond acceptors (Lipinski definition) is 5. The standard InChI is InChI=1S/C17H17NO4/c1-2-21-16(19)17(20)22-18-15(13-9-5-3-6-10-13)14-11-7-4-8-12-14/h3-12,15,18H,2H2,1H3. The maximum atomic E-state index is 11.5. The van der Waals surface area contributed by atoms with Gasteiger partial charge in [0.25, 0.3) is 0 Å². The molecule has 0 unspecified atom stereocenters. The maximum absolute atomic E-state index is 11.5. The molecule has 0 aromatic heterocycles. The van der Waals surface area contributed by atoms with Gasteiger partial charge in [-0.05, 0) is 18.1 Å². The lowest BCUT2D eigenvalue weighted by Crippen LogP contribution is -2.31. The first-order valence-corrected chi connectivity index (χ1v) is 6.95. The number of carbonyl (C=O) groups is 2. The molecule has 0 saturated carbocycles. The zero-order valence-electron chi connectivity index (χ0n) is 12.2. The summed E-state index contributed by atoms with van der Waals surface area (Å²) in [7, 11) is 0. The van der Waals surface area contributed by atoms with Crippen molar-refractivity contribution in [1.82, 2.24) is 5.48 Å². The van der Waals surface area contributed by atoms with E-state index in [0.29, 0.717) is 0 Å². The van der Waals surface area contributed by atoms with E-state index in [1.807, 2.05) is 60.7 Å². The van der Waals surface area contributed by atoms with Crippen molar-refractivity contribution in [2.24, 2.45) is 0 Å². The molecule has 2 rings (SSSR count). The minimum atomic E-state index is -1.07. The van der Waals surface area contributed by atoms with Crippen LogP contribution in [0.3, 0.4) is 0 Å². The van der Waals surface area contributed by atoms with Crippen molar-refractivity contribution in [2.45, 2.75) is 13.0 Å². The third-order valence-corrected chi connectivity index (χ3v) is 2.98. The Kier molecular flexibility index (Phi) is 5.68. The van der Waals surface area contributed by atoms with Gasteiger partial charge in [-0.1, -0.05) is 60.7 Å². The molecule has 1 N–H and O–H groups in total. The van der Waals surface area contributed by atoms with E-state index >= 15 is 0 Å². The molecule has 0 radical (unpaired) electrons. The molecule has 0 aliphatic carbocycles. The molecule has 0 amide bonds. The van der Waals surface area contributed by atoms with Crippen LogP contribution in [0.15, 0.2) is 60.7 Å². The highest BCUT2D eigenvalue weighted by Gasteiger charge is 2.21. The summed E-state index contributed by atoms with van der Waals surface area (Å²) in [5.41, 5.74) is 4.46. The average molecular weight is 299 g/mol. The number of hydroxylamine groups is 1. The van der Waals surface area contributed by atoms with Crippen molar-refractivity contribution in [3.05, 3.63) is 71.8 Å². The van der Waals surface area contributed by atoms with Gasteiger partial charge in [0.1, 0.15) is 0 Å². The third kappa shape index (κ3) is 4.17. The highest BCUT2D eigenvalue weighted by Crippen LogP contribution is 2.21. The second kappa shape index (κ2) is 7.95. The molecule has 2 aromatic rings. The van der Waals surface area contributed by atoms with Crippen LogP contribution in [0.2, 0.25) is 0 Å². The molecule has 5 heteroatoms. The van der Waals surface area contributed by atoms with Crippen LogP contribution in [-0.2, 0) is 19.2 Å². The van der Waals surface area contributed by atoms with Crippen LogP contribution in [0.25, 0.3) is 0 Å². The maximum Gasteiger partial charge on any atom is 0.436 e. The minimum Gasteiger partial charge on any atom is -0.458 e. The number of esters is 1. The molecule has 0 fully saturated rings. The summed E-state index contributed by atoms with van der Waals surface area (Å²) in [6, 6.07) is 18.6. The van der Waals surface area contributed by atoms with Gasteiger partial charge < -0.3 is 9.57 Å². The summed E-state index contributed by atoms with van der Waals surface area (Å²) in [6.07, 6.45) is 0. The molecule has 0 aliphatic heterocycles. The van der Waals surface area contributed by atoms with E-state index < -0.39 is 11.9 Å². The highest BCUT2D eigenvalue weighted by molar-refractivity contribution is 6.29. The molecular formula is C17H17NO4. The largest absolute Gasteiger partial charge is 0.458 e. The Hall–Kier alpha value is -2.66. The lowest BCUT2D eigenvalue weighted by Gasteiger charge is -2.18. The van der Waals surface area contributed by atoms with E-state index in [4.69, 9.17) is 4.84 Å². The van der Waals surface area contributed by atoms with Crippen LogP contribution in [-0.4, -0.2) is 18.5 Å². The zero-order valence-corrected chi connectivity index (χ0v) is 12.2. The van der Waals surface area contributed by atoms with Crippen LogP contribution in [0.4, 0.5) is 0 Å². The number of hydrogen-bond donors (Lipinski definition) is 1. The number of benzene rings is 2. The van der Waals surface area contributed by atoms with Gasteiger partial charge in [0.2, 0.25) is 0 Å². The number of carbonyl (C=O) groups excluding carboxylic acids is 2. The average Bonchev–Trinajstić information content (AvgIpc) is 2.57. The van der Waals surface area contributed by atoms with Crippen molar-refractivity contribution in [1.29, 1.82) is 0 Å².